The lowest BCUT2D eigenvalue weighted by atomic mass is 9.97. The molecule has 19 heavy (non-hydrogen) atoms. The molecule has 7 heteroatoms. The van der Waals surface area contributed by atoms with Gasteiger partial charge >= 0.3 is 0 Å². The number of hydrogen-bond acceptors (Lipinski definition) is 4. The van der Waals surface area contributed by atoms with E-state index < -0.39 is 15.6 Å². The highest BCUT2D eigenvalue weighted by molar-refractivity contribution is 7.89. The molecule has 0 aliphatic carbocycles. The fraction of sp³-hybridized carbons (Fsp3) is 0.500. The van der Waals surface area contributed by atoms with Crippen LogP contribution in [0.25, 0.3) is 0 Å². The molecule has 2 atom stereocenters. The van der Waals surface area contributed by atoms with Gasteiger partial charge in [0.2, 0.25) is 10.0 Å². The van der Waals surface area contributed by atoms with E-state index in [1.807, 2.05) is 0 Å². The van der Waals surface area contributed by atoms with Crippen LogP contribution in [0.4, 0.5) is 0 Å². The largest absolute Gasteiger partial charge is 0.386 e. The summed E-state index contributed by atoms with van der Waals surface area (Å²) >= 11 is 5.71. The quantitative estimate of drug-likeness (QED) is 0.875. The van der Waals surface area contributed by atoms with E-state index in [2.05, 4.69) is 4.72 Å². The molecule has 0 amide bonds. The van der Waals surface area contributed by atoms with Crippen molar-refractivity contribution in [1.82, 2.24) is 4.72 Å². The van der Waals surface area contributed by atoms with E-state index in [0.29, 0.717) is 18.1 Å². The Morgan fingerprint density at radius 1 is 1.47 bits per heavy atom. The zero-order valence-corrected chi connectivity index (χ0v) is 12.0. The average molecular weight is 306 g/mol. The summed E-state index contributed by atoms with van der Waals surface area (Å²) in [5.41, 5.74) is -1.15. The number of halogens is 1. The molecule has 1 aromatic rings. The van der Waals surface area contributed by atoms with Gasteiger partial charge in [0.05, 0.1) is 11.0 Å². The molecule has 1 fully saturated rings. The lowest BCUT2D eigenvalue weighted by Crippen LogP contribution is -2.47. The smallest absolute Gasteiger partial charge is 0.240 e. The lowest BCUT2D eigenvalue weighted by Gasteiger charge is -2.26. The Morgan fingerprint density at radius 3 is 2.63 bits per heavy atom. The summed E-state index contributed by atoms with van der Waals surface area (Å²) in [7, 11) is -3.65. The summed E-state index contributed by atoms with van der Waals surface area (Å²) in [6.45, 7) is 2.09. The van der Waals surface area contributed by atoms with Gasteiger partial charge in [0.25, 0.3) is 0 Å². The van der Waals surface area contributed by atoms with Crippen molar-refractivity contribution >= 4 is 21.6 Å². The Morgan fingerprint density at radius 2 is 2.11 bits per heavy atom. The number of ether oxygens (including phenoxy) is 1. The summed E-state index contributed by atoms with van der Waals surface area (Å²) in [4.78, 5) is 0.118. The van der Waals surface area contributed by atoms with E-state index in [0.717, 1.165) is 0 Å². The molecule has 0 aromatic heterocycles. The SMILES string of the molecule is CC1OCCC1(O)CNS(=O)(=O)c1ccc(Cl)cc1. The minimum Gasteiger partial charge on any atom is -0.386 e. The van der Waals surface area contributed by atoms with Crippen LogP contribution in [-0.2, 0) is 14.8 Å². The van der Waals surface area contributed by atoms with Gasteiger partial charge in [-0.3, -0.25) is 0 Å². The Hall–Kier alpha value is -0.660. The standard InChI is InChI=1S/C12H16ClNO4S/c1-9-12(15,6-7-18-9)8-14-19(16,17)11-4-2-10(13)3-5-11/h2-5,9,14-15H,6-8H2,1H3. The topological polar surface area (TPSA) is 75.6 Å². The number of hydrogen-bond donors (Lipinski definition) is 2. The zero-order valence-electron chi connectivity index (χ0n) is 10.5. The van der Waals surface area contributed by atoms with Crippen LogP contribution >= 0.6 is 11.6 Å². The summed E-state index contributed by atoms with van der Waals surface area (Å²) in [6, 6.07) is 5.85. The molecule has 2 N–H and O–H groups in total. The van der Waals surface area contributed by atoms with Crippen LogP contribution < -0.4 is 4.72 Å². The van der Waals surface area contributed by atoms with Crippen molar-refractivity contribution in [2.75, 3.05) is 13.2 Å². The van der Waals surface area contributed by atoms with Crippen LogP contribution in [0.1, 0.15) is 13.3 Å². The van der Waals surface area contributed by atoms with E-state index in [9.17, 15) is 13.5 Å². The summed E-state index contributed by atoms with van der Waals surface area (Å²) in [5.74, 6) is 0. The highest BCUT2D eigenvalue weighted by Crippen LogP contribution is 2.25. The van der Waals surface area contributed by atoms with Gasteiger partial charge in [-0.2, -0.15) is 0 Å². The molecule has 2 unspecified atom stereocenters. The second-order valence-electron chi connectivity index (χ2n) is 4.65. The van der Waals surface area contributed by atoms with Crippen molar-refractivity contribution in [2.45, 2.75) is 29.9 Å². The molecule has 1 aliphatic rings. The molecule has 0 spiro atoms. The first kappa shape index (κ1) is 14.7. The molecular weight excluding hydrogens is 290 g/mol. The Balaban J connectivity index is 2.08. The molecule has 1 heterocycles. The number of sulfonamides is 1. The second-order valence-corrected chi connectivity index (χ2v) is 6.85. The van der Waals surface area contributed by atoms with E-state index in [1.54, 1.807) is 6.92 Å². The van der Waals surface area contributed by atoms with Crippen LogP contribution in [-0.4, -0.2) is 38.4 Å². The second kappa shape index (κ2) is 5.38. The third kappa shape index (κ3) is 3.27. The minimum absolute atomic E-state index is 0.0703. The first-order valence-corrected chi connectivity index (χ1v) is 7.79. The first-order valence-electron chi connectivity index (χ1n) is 5.93. The molecule has 0 radical (unpaired) electrons. The normalized spacial score (nSPS) is 27.6. The van der Waals surface area contributed by atoms with E-state index >= 15 is 0 Å². The van der Waals surface area contributed by atoms with Crippen LogP contribution in [0, 0.1) is 0 Å². The van der Waals surface area contributed by atoms with Crippen LogP contribution in [0.15, 0.2) is 29.2 Å². The molecule has 5 nitrogen and oxygen atoms in total. The van der Waals surface area contributed by atoms with Gasteiger partial charge in [-0.15, -0.1) is 0 Å². The molecule has 0 saturated carbocycles. The average Bonchev–Trinajstić information content (AvgIpc) is 2.69. The Labute approximate surface area is 117 Å². The van der Waals surface area contributed by atoms with Crippen LogP contribution in [0.5, 0.6) is 0 Å². The molecular formula is C12H16ClNO4S. The van der Waals surface area contributed by atoms with Crippen molar-refractivity contribution in [1.29, 1.82) is 0 Å². The van der Waals surface area contributed by atoms with Crippen LogP contribution in [0.2, 0.25) is 5.02 Å². The van der Waals surface area contributed by atoms with Gasteiger partial charge in [-0.05, 0) is 31.2 Å². The number of nitrogens with one attached hydrogen (secondary N) is 1. The maximum atomic E-state index is 12.0. The number of benzene rings is 1. The maximum absolute atomic E-state index is 12.0. The van der Waals surface area contributed by atoms with E-state index in [4.69, 9.17) is 16.3 Å². The van der Waals surface area contributed by atoms with Gasteiger partial charge in [-0.1, -0.05) is 11.6 Å². The summed E-state index contributed by atoms with van der Waals surface area (Å²) in [5, 5.41) is 10.7. The Kier molecular flexibility index (Phi) is 4.17. The van der Waals surface area contributed by atoms with Crippen molar-refractivity contribution in [3.05, 3.63) is 29.3 Å². The summed E-state index contributed by atoms with van der Waals surface area (Å²) < 4.78 is 31.7. The highest BCUT2D eigenvalue weighted by Gasteiger charge is 2.40. The van der Waals surface area contributed by atoms with Crippen molar-refractivity contribution < 1.29 is 18.3 Å². The summed E-state index contributed by atoms with van der Waals surface area (Å²) in [6.07, 6.45) is 0.0255. The van der Waals surface area contributed by atoms with Crippen LogP contribution in [0.3, 0.4) is 0 Å². The van der Waals surface area contributed by atoms with Gasteiger partial charge in [0.1, 0.15) is 5.60 Å². The monoisotopic (exact) mass is 305 g/mol. The fourth-order valence-electron chi connectivity index (χ4n) is 1.92. The lowest BCUT2D eigenvalue weighted by molar-refractivity contribution is -0.0228. The van der Waals surface area contributed by atoms with Crippen molar-refractivity contribution in [3.8, 4) is 0 Å². The predicted molar refractivity (Wildman–Crippen MR) is 71.6 cm³/mol. The van der Waals surface area contributed by atoms with Gasteiger partial charge < -0.3 is 9.84 Å². The zero-order chi connectivity index (χ0) is 14.1. The molecule has 0 bridgehead atoms. The van der Waals surface area contributed by atoms with Crippen molar-refractivity contribution in [2.24, 2.45) is 0 Å². The van der Waals surface area contributed by atoms with Gasteiger partial charge in [0, 0.05) is 24.6 Å². The molecule has 106 valence electrons. The van der Waals surface area contributed by atoms with Gasteiger partial charge in [0.15, 0.2) is 0 Å². The van der Waals surface area contributed by atoms with Crippen molar-refractivity contribution in [3.63, 3.8) is 0 Å². The molecule has 1 aromatic carbocycles. The third-order valence-corrected chi connectivity index (χ3v) is 5.02. The Bertz CT molecular complexity index is 545. The van der Waals surface area contributed by atoms with E-state index in [1.165, 1.54) is 24.3 Å². The highest BCUT2D eigenvalue weighted by atomic mass is 35.5. The third-order valence-electron chi connectivity index (χ3n) is 3.35. The molecule has 1 saturated heterocycles. The van der Waals surface area contributed by atoms with Gasteiger partial charge in [-0.25, -0.2) is 13.1 Å². The minimum atomic E-state index is -3.65. The number of rotatable bonds is 4. The molecule has 2 rings (SSSR count). The van der Waals surface area contributed by atoms with E-state index in [-0.39, 0.29) is 17.5 Å². The number of aliphatic hydroxyl groups is 1. The molecule has 1 aliphatic heterocycles. The fourth-order valence-corrected chi connectivity index (χ4v) is 3.15. The predicted octanol–water partition coefficient (Wildman–Crippen LogP) is 1.16. The first-order chi connectivity index (χ1) is 8.83. The maximum Gasteiger partial charge on any atom is 0.240 e.